The first-order chi connectivity index (χ1) is 9.70. The first-order valence-corrected chi connectivity index (χ1v) is 7.67. The van der Waals surface area contributed by atoms with Crippen molar-refractivity contribution in [3.05, 3.63) is 39.9 Å². The van der Waals surface area contributed by atoms with Gasteiger partial charge in [0.25, 0.3) is 5.69 Å². The third-order valence-corrected chi connectivity index (χ3v) is 4.29. The molecule has 2 rings (SSSR count). The Labute approximate surface area is 120 Å². The smallest absolute Gasteiger partial charge is 0.269 e. The van der Waals surface area contributed by atoms with Gasteiger partial charge >= 0.3 is 0 Å². The van der Waals surface area contributed by atoms with E-state index in [1.54, 1.807) is 12.1 Å². The van der Waals surface area contributed by atoms with Crippen LogP contribution < -0.4 is 5.32 Å². The summed E-state index contributed by atoms with van der Waals surface area (Å²) in [6, 6.07) is 7.51. The van der Waals surface area contributed by atoms with Crippen LogP contribution in [0.15, 0.2) is 24.3 Å². The summed E-state index contributed by atoms with van der Waals surface area (Å²) >= 11 is 0. The van der Waals surface area contributed by atoms with Crippen LogP contribution in [0.5, 0.6) is 0 Å². The van der Waals surface area contributed by atoms with Gasteiger partial charge in [0.05, 0.1) is 4.92 Å². The lowest BCUT2D eigenvalue weighted by Gasteiger charge is -2.31. The van der Waals surface area contributed by atoms with Gasteiger partial charge in [-0.3, -0.25) is 10.1 Å². The van der Waals surface area contributed by atoms with Gasteiger partial charge in [0.2, 0.25) is 0 Å². The number of nitro benzene ring substituents is 1. The van der Waals surface area contributed by atoms with Crippen LogP contribution in [0.25, 0.3) is 0 Å². The summed E-state index contributed by atoms with van der Waals surface area (Å²) in [6.07, 6.45) is 7.64. The third kappa shape index (κ3) is 4.04. The molecular formula is C16H24N2O2. The minimum Gasteiger partial charge on any atom is -0.314 e. The van der Waals surface area contributed by atoms with Crippen LogP contribution in [0.4, 0.5) is 5.69 Å². The molecule has 0 radical (unpaired) electrons. The predicted octanol–water partition coefficient (Wildman–Crippen LogP) is 3.70. The molecule has 1 aliphatic carbocycles. The third-order valence-electron chi connectivity index (χ3n) is 4.29. The van der Waals surface area contributed by atoms with E-state index in [4.69, 9.17) is 0 Å². The van der Waals surface area contributed by atoms with Gasteiger partial charge < -0.3 is 5.32 Å². The Bertz CT molecular complexity index is 425. The number of nitro groups is 1. The molecule has 0 aromatic heterocycles. The molecule has 20 heavy (non-hydrogen) atoms. The zero-order chi connectivity index (χ0) is 14.4. The first-order valence-electron chi connectivity index (χ1n) is 7.67. The van der Waals surface area contributed by atoms with Crippen molar-refractivity contribution in [2.45, 2.75) is 51.5 Å². The van der Waals surface area contributed by atoms with Gasteiger partial charge in [0.1, 0.15) is 0 Å². The molecule has 4 heteroatoms. The molecule has 0 saturated heterocycles. The number of benzene rings is 1. The molecular weight excluding hydrogens is 252 g/mol. The highest BCUT2D eigenvalue weighted by Crippen LogP contribution is 2.28. The number of rotatable bonds is 6. The van der Waals surface area contributed by atoms with Crippen molar-refractivity contribution in [1.82, 2.24) is 5.32 Å². The van der Waals surface area contributed by atoms with Crippen LogP contribution >= 0.6 is 0 Å². The Morgan fingerprint density at radius 3 is 2.45 bits per heavy atom. The van der Waals surface area contributed by atoms with Crippen molar-refractivity contribution in [3.8, 4) is 0 Å². The standard InChI is InChI=1S/C16H24N2O2/c1-2-17-16(14-6-4-3-5-7-14)12-13-8-10-15(11-9-13)18(19)20/h8-11,14,16-17H,2-7,12H2,1H3. The monoisotopic (exact) mass is 276 g/mol. The van der Waals surface area contributed by atoms with E-state index in [-0.39, 0.29) is 10.6 Å². The average Bonchev–Trinajstić information content (AvgIpc) is 2.48. The Hall–Kier alpha value is -1.42. The molecule has 1 N–H and O–H groups in total. The van der Waals surface area contributed by atoms with Gasteiger partial charge in [-0.25, -0.2) is 0 Å². The predicted molar refractivity (Wildman–Crippen MR) is 80.8 cm³/mol. The molecule has 0 amide bonds. The second-order valence-corrected chi connectivity index (χ2v) is 5.69. The molecule has 0 spiro atoms. The summed E-state index contributed by atoms with van der Waals surface area (Å²) < 4.78 is 0. The highest BCUT2D eigenvalue weighted by atomic mass is 16.6. The number of hydrogen-bond donors (Lipinski definition) is 1. The fourth-order valence-electron chi connectivity index (χ4n) is 3.21. The summed E-state index contributed by atoms with van der Waals surface area (Å²) in [4.78, 5) is 10.3. The highest BCUT2D eigenvalue weighted by Gasteiger charge is 2.23. The summed E-state index contributed by atoms with van der Waals surface area (Å²) in [6.45, 7) is 3.12. The van der Waals surface area contributed by atoms with Crippen LogP contribution in [0.2, 0.25) is 0 Å². The molecule has 0 heterocycles. The topological polar surface area (TPSA) is 55.2 Å². The summed E-state index contributed by atoms with van der Waals surface area (Å²) in [5.41, 5.74) is 1.36. The molecule has 0 aliphatic heterocycles. The summed E-state index contributed by atoms with van der Waals surface area (Å²) in [7, 11) is 0. The fourth-order valence-corrected chi connectivity index (χ4v) is 3.21. The molecule has 1 aromatic carbocycles. The Morgan fingerprint density at radius 2 is 1.90 bits per heavy atom. The van der Waals surface area contributed by atoms with Crippen molar-refractivity contribution < 1.29 is 4.92 Å². The quantitative estimate of drug-likeness (QED) is 0.636. The van der Waals surface area contributed by atoms with Crippen molar-refractivity contribution in [2.24, 2.45) is 5.92 Å². The van der Waals surface area contributed by atoms with E-state index in [1.165, 1.54) is 37.7 Å². The molecule has 1 aromatic rings. The van der Waals surface area contributed by atoms with Crippen LogP contribution in [-0.2, 0) is 6.42 Å². The number of likely N-dealkylation sites (N-methyl/N-ethyl adjacent to an activating group) is 1. The van der Waals surface area contributed by atoms with Crippen molar-refractivity contribution in [1.29, 1.82) is 0 Å². The Balaban J connectivity index is 2.01. The van der Waals surface area contributed by atoms with Crippen molar-refractivity contribution in [3.63, 3.8) is 0 Å². The normalized spacial score (nSPS) is 17.9. The first kappa shape index (κ1) is 15.0. The van der Waals surface area contributed by atoms with E-state index in [9.17, 15) is 10.1 Å². The maximum Gasteiger partial charge on any atom is 0.269 e. The van der Waals surface area contributed by atoms with Crippen molar-refractivity contribution >= 4 is 5.69 Å². The van der Waals surface area contributed by atoms with Crippen LogP contribution in [0, 0.1) is 16.0 Å². The molecule has 4 nitrogen and oxygen atoms in total. The van der Waals surface area contributed by atoms with E-state index in [2.05, 4.69) is 12.2 Å². The van der Waals surface area contributed by atoms with Gasteiger partial charge in [-0.15, -0.1) is 0 Å². The van der Waals surface area contributed by atoms with Crippen LogP contribution in [0.1, 0.15) is 44.6 Å². The molecule has 1 atom stereocenters. The summed E-state index contributed by atoms with van der Waals surface area (Å²) in [5.74, 6) is 0.749. The summed E-state index contributed by atoms with van der Waals surface area (Å²) in [5, 5.41) is 14.3. The molecule has 1 unspecified atom stereocenters. The lowest BCUT2D eigenvalue weighted by molar-refractivity contribution is -0.384. The molecule has 1 aliphatic rings. The Morgan fingerprint density at radius 1 is 1.25 bits per heavy atom. The van der Waals surface area contributed by atoms with Gasteiger partial charge in [0.15, 0.2) is 0 Å². The minimum atomic E-state index is -0.341. The van der Waals surface area contributed by atoms with Gasteiger partial charge in [-0.05, 0) is 37.3 Å². The minimum absolute atomic E-state index is 0.173. The van der Waals surface area contributed by atoms with E-state index in [0.29, 0.717) is 6.04 Å². The van der Waals surface area contributed by atoms with E-state index in [0.717, 1.165) is 18.9 Å². The van der Waals surface area contributed by atoms with Crippen LogP contribution in [0.3, 0.4) is 0 Å². The second kappa shape index (κ2) is 7.39. The SMILES string of the molecule is CCNC(Cc1ccc([N+](=O)[O-])cc1)C1CCCCC1. The van der Waals surface area contributed by atoms with E-state index in [1.807, 2.05) is 12.1 Å². The fraction of sp³-hybridized carbons (Fsp3) is 0.625. The van der Waals surface area contributed by atoms with Gasteiger partial charge in [0, 0.05) is 18.2 Å². The number of non-ortho nitro benzene ring substituents is 1. The van der Waals surface area contributed by atoms with E-state index < -0.39 is 0 Å². The zero-order valence-electron chi connectivity index (χ0n) is 12.2. The zero-order valence-corrected chi connectivity index (χ0v) is 12.2. The number of nitrogens with zero attached hydrogens (tertiary/aromatic N) is 1. The maximum atomic E-state index is 10.7. The van der Waals surface area contributed by atoms with Gasteiger partial charge in [-0.2, -0.15) is 0 Å². The van der Waals surface area contributed by atoms with E-state index >= 15 is 0 Å². The molecule has 0 bridgehead atoms. The highest BCUT2D eigenvalue weighted by molar-refractivity contribution is 5.33. The van der Waals surface area contributed by atoms with Crippen molar-refractivity contribution in [2.75, 3.05) is 6.54 Å². The average molecular weight is 276 g/mol. The largest absolute Gasteiger partial charge is 0.314 e. The molecule has 110 valence electrons. The number of hydrogen-bond acceptors (Lipinski definition) is 3. The maximum absolute atomic E-state index is 10.7. The lowest BCUT2D eigenvalue weighted by atomic mass is 9.81. The molecule has 1 fully saturated rings. The second-order valence-electron chi connectivity index (χ2n) is 5.69. The van der Waals surface area contributed by atoms with Crippen LogP contribution in [-0.4, -0.2) is 17.5 Å². The number of nitrogens with one attached hydrogen (secondary N) is 1. The van der Waals surface area contributed by atoms with Gasteiger partial charge in [-0.1, -0.05) is 38.3 Å². The Kier molecular flexibility index (Phi) is 5.53. The molecule has 1 saturated carbocycles. The lowest BCUT2D eigenvalue weighted by Crippen LogP contribution is -2.38.